The number of carbonyl (C=O) groups excluding carboxylic acids is 1. The molecule has 0 fully saturated rings. The van der Waals surface area contributed by atoms with E-state index >= 15 is 0 Å². The summed E-state index contributed by atoms with van der Waals surface area (Å²) in [5.74, 6) is 0.347. The smallest absolute Gasteiger partial charge is 0.267 e. The fraction of sp³-hybridized carbons (Fsp3) is 0.273. The summed E-state index contributed by atoms with van der Waals surface area (Å²) in [6.07, 6.45) is 3.03. The summed E-state index contributed by atoms with van der Waals surface area (Å²) >= 11 is 0. The van der Waals surface area contributed by atoms with Crippen molar-refractivity contribution in [1.82, 2.24) is 0 Å². The molecule has 2 aromatic rings. The van der Waals surface area contributed by atoms with Crippen LogP contribution in [0.5, 0.6) is 5.75 Å². The Hall–Kier alpha value is -3.26. The highest BCUT2D eigenvalue weighted by Crippen LogP contribution is 2.23. The molecule has 0 bridgehead atoms. The van der Waals surface area contributed by atoms with Gasteiger partial charge >= 0.3 is 0 Å². The Balaban J connectivity index is 2.14. The van der Waals surface area contributed by atoms with Crippen LogP contribution in [0.1, 0.15) is 31.9 Å². The number of carbonyl (C=O) groups is 1. The standard InChI is InChI=1S/C22H25N3O2/c1-4-16-8-7-9-17(5-2)21(16)25-22(26)18(14-23)15-24-19-10-12-20(13-11-19)27-6-3/h7-13,15,24H,4-6H2,1-3H3,(H,25,26)/b18-15-. The normalized spacial score (nSPS) is 10.8. The lowest BCUT2D eigenvalue weighted by molar-refractivity contribution is -0.112. The van der Waals surface area contributed by atoms with Gasteiger partial charge in [0, 0.05) is 17.6 Å². The number of nitrogens with zero attached hydrogens (tertiary/aromatic N) is 1. The lowest BCUT2D eigenvalue weighted by Gasteiger charge is -2.14. The van der Waals surface area contributed by atoms with Gasteiger partial charge in [-0.1, -0.05) is 32.0 Å². The van der Waals surface area contributed by atoms with Gasteiger partial charge < -0.3 is 15.4 Å². The van der Waals surface area contributed by atoms with E-state index in [9.17, 15) is 10.1 Å². The number of nitrogens with one attached hydrogen (secondary N) is 2. The Kier molecular flexibility index (Phi) is 7.45. The molecule has 2 aromatic carbocycles. The van der Waals surface area contributed by atoms with Gasteiger partial charge in [0.05, 0.1) is 6.61 Å². The largest absolute Gasteiger partial charge is 0.494 e. The van der Waals surface area contributed by atoms with Crippen LogP contribution in [-0.2, 0) is 17.6 Å². The minimum Gasteiger partial charge on any atom is -0.494 e. The molecule has 0 saturated carbocycles. The van der Waals surface area contributed by atoms with Gasteiger partial charge in [-0.15, -0.1) is 0 Å². The Bertz CT molecular complexity index is 827. The number of para-hydroxylation sites is 1. The molecule has 0 aliphatic carbocycles. The predicted molar refractivity (Wildman–Crippen MR) is 109 cm³/mol. The molecule has 5 heteroatoms. The minimum absolute atomic E-state index is 0.0110. The quantitative estimate of drug-likeness (QED) is 0.528. The lowest BCUT2D eigenvalue weighted by Crippen LogP contribution is -2.17. The molecule has 0 atom stereocenters. The van der Waals surface area contributed by atoms with Gasteiger partial charge in [-0.05, 0) is 55.2 Å². The first-order chi connectivity index (χ1) is 13.1. The average Bonchev–Trinajstić information content (AvgIpc) is 2.70. The molecule has 0 aliphatic rings. The zero-order chi connectivity index (χ0) is 19.6. The maximum Gasteiger partial charge on any atom is 0.267 e. The minimum atomic E-state index is -0.425. The molecule has 27 heavy (non-hydrogen) atoms. The molecule has 0 spiro atoms. The SMILES string of the molecule is CCOc1ccc(N/C=C(/C#N)C(=O)Nc2c(CC)cccc2CC)cc1. The Morgan fingerprint density at radius 1 is 1.07 bits per heavy atom. The third-order valence-corrected chi connectivity index (χ3v) is 4.15. The van der Waals surface area contributed by atoms with E-state index in [0.717, 1.165) is 41.1 Å². The summed E-state index contributed by atoms with van der Waals surface area (Å²) in [7, 11) is 0. The van der Waals surface area contributed by atoms with E-state index in [0.29, 0.717) is 6.61 Å². The highest BCUT2D eigenvalue weighted by atomic mass is 16.5. The second kappa shape index (κ2) is 10.0. The van der Waals surface area contributed by atoms with Crippen molar-refractivity contribution in [3.8, 4) is 11.8 Å². The van der Waals surface area contributed by atoms with E-state index in [-0.39, 0.29) is 5.57 Å². The number of anilines is 2. The maximum absolute atomic E-state index is 12.6. The highest BCUT2D eigenvalue weighted by Gasteiger charge is 2.13. The molecule has 2 N–H and O–H groups in total. The molecule has 140 valence electrons. The van der Waals surface area contributed by atoms with Gasteiger partial charge in [-0.3, -0.25) is 4.79 Å². The number of amides is 1. The van der Waals surface area contributed by atoms with Crippen LogP contribution >= 0.6 is 0 Å². The number of aryl methyl sites for hydroxylation is 2. The molecular formula is C22H25N3O2. The van der Waals surface area contributed by atoms with Crippen LogP contribution in [-0.4, -0.2) is 12.5 Å². The van der Waals surface area contributed by atoms with Crippen LogP contribution < -0.4 is 15.4 Å². The molecular weight excluding hydrogens is 338 g/mol. The van der Waals surface area contributed by atoms with Crippen LogP contribution in [0, 0.1) is 11.3 Å². The maximum atomic E-state index is 12.6. The summed E-state index contributed by atoms with van der Waals surface area (Å²) in [6, 6.07) is 15.2. The summed E-state index contributed by atoms with van der Waals surface area (Å²) in [4.78, 5) is 12.6. The number of hydrogen-bond donors (Lipinski definition) is 2. The highest BCUT2D eigenvalue weighted by molar-refractivity contribution is 6.07. The molecule has 0 unspecified atom stereocenters. The summed E-state index contributed by atoms with van der Waals surface area (Å²) in [5, 5.41) is 15.3. The van der Waals surface area contributed by atoms with E-state index in [1.807, 2.05) is 69.3 Å². The molecule has 1 amide bonds. The van der Waals surface area contributed by atoms with Crippen LogP contribution in [0.4, 0.5) is 11.4 Å². The van der Waals surface area contributed by atoms with Crippen molar-refractivity contribution < 1.29 is 9.53 Å². The summed E-state index contributed by atoms with van der Waals surface area (Å²) < 4.78 is 5.40. The van der Waals surface area contributed by atoms with Crippen LogP contribution in [0.2, 0.25) is 0 Å². The number of ether oxygens (including phenoxy) is 1. The second-order valence-electron chi connectivity index (χ2n) is 5.88. The van der Waals surface area contributed by atoms with E-state index in [1.54, 1.807) is 0 Å². The zero-order valence-corrected chi connectivity index (χ0v) is 16.0. The molecule has 0 heterocycles. The van der Waals surface area contributed by atoms with Crippen molar-refractivity contribution in [3.63, 3.8) is 0 Å². The van der Waals surface area contributed by atoms with Gasteiger partial charge in [-0.2, -0.15) is 5.26 Å². The number of nitriles is 1. The van der Waals surface area contributed by atoms with Crippen LogP contribution in [0.15, 0.2) is 54.2 Å². The predicted octanol–water partition coefficient (Wildman–Crippen LogP) is 4.67. The molecule has 0 radical (unpaired) electrons. The third-order valence-electron chi connectivity index (χ3n) is 4.15. The van der Waals surface area contributed by atoms with Crippen LogP contribution in [0.3, 0.4) is 0 Å². The van der Waals surface area contributed by atoms with E-state index in [2.05, 4.69) is 10.6 Å². The first-order valence-corrected chi connectivity index (χ1v) is 9.14. The molecule has 0 saturated heterocycles. The van der Waals surface area contributed by atoms with Crippen LogP contribution in [0.25, 0.3) is 0 Å². The Morgan fingerprint density at radius 3 is 2.22 bits per heavy atom. The number of rotatable bonds is 8. The fourth-order valence-corrected chi connectivity index (χ4v) is 2.70. The van der Waals surface area contributed by atoms with Crippen molar-refractivity contribution in [3.05, 3.63) is 65.4 Å². The molecule has 2 rings (SSSR count). The molecule has 0 aliphatic heterocycles. The van der Waals surface area contributed by atoms with Crippen molar-refractivity contribution in [2.75, 3.05) is 17.2 Å². The number of hydrogen-bond acceptors (Lipinski definition) is 4. The first-order valence-electron chi connectivity index (χ1n) is 9.14. The van der Waals surface area contributed by atoms with Gasteiger partial charge in [-0.25, -0.2) is 0 Å². The Morgan fingerprint density at radius 2 is 1.70 bits per heavy atom. The van der Waals surface area contributed by atoms with Gasteiger partial charge in [0.25, 0.3) is 5.91 Å². The summed E-state index contributed by atoms with van der Waals surface area (Å²) in [5.41, 5.74) is 3.69. The number of benzene rings is 2. The fourth-order valence-electron chi connectivity index (χ4n) is 2.70. The van der Waals surface area contributed by atoms with Crippen molar-refractivity contribution in [2.24, 2.45) is 0 Å². The third kappa shape index (κ3) is 5.35. The molecule has 0 aromatic heterocycles. The monoisotopic (exact) mass is 363 g/mol. The van der Waals surface area contributed by atoms with Gasteiger partial charge in [0.15, 0.2) is 0 Å². The van der Waals surface area contributed by atoms with E-state index < -0.39 is 5.91 Å². The van der Waals surface area contributed by atoms with Gasteiger partial charge in [0.2, 0.25) is 0 Å². The van der Waals surface area contributed by atoms with Crippen molar-refractivity contribution in [1.29, 1.82) is 5.26 Å². The zero-order valence-electron chi connectivity index (χ0n) is 16.0. The summed E-state index contributed by atoms with van der Waals surface area (Å²) in [6.45, 7) is 6.61. The molecule has 5 nitrogen and oxygen atoms in total. The Labute approximate surface area is 160 Å². The first kappa shape index (κ1) is 20.1. The van der Waals surface area contributed by atoms with E-state index in [4.69, 9.17) is 4.74 Å². The topological polar surface area (TPSA) is 74.1 Å². The lowest BCUT2D eigenvalue weighted by atomic mass is 10.0. The second-order valence-corrected chi connectivity index (χ2v) is 5.88. The van der Waals surface area contributed by atoms with Crippen molar-refractivity contribution >= 4 is 17.3 Å². The van der Waals surface area contributed by atoms with Gasteiger partial charge in [0.1, 0.15) is 17.4 Å². The van der Waals surface area contributed by atoms with Crippen molar-refractivity contribution in [2.45, 2.75) is 33.6 Å². The average molecular weight is 363 g/mol. The van der Waals surface area contributed by atoms with E-state index in [1.165, 1.54) is 6.20 Å².